The van der Waals surface area contributed by atoms with Crippen LogP contribution in [-0.4, -0.2) is 16.8 Å². The molecule has 3 aromatic rings. The van der Waals surface area contributed by atoms with Crippen LogP contribution < -0.4 is 10.5 Å². The second-order valence-electron chi connectivity index (χ2n) is 4.85. The molecule has 2 N–H and O–H groups in total. The molecule has 0 atom stereocenters. The molecule has 5 nitrogen and oxygen atoms in total. The average molecular weight is 317 g/mol. The Kier molecular flexibility index (Phi) is 3.92. The summed E-state index contributed by atoms with van der Waals surface area (Å²) in [6.45, 7) is -0.987. The van der Waals surface area contributed by atoms with Crippen molar-refractivity contribution in [1.29, 1.82) is 0 Å². The number of hydrogen-bond acceptors (Lipinski definition) is 5. The molecule has 0 aliphatic heterocycles. The predicted molar refractivity (Wildman–Crippen MR) is 81.0 cm³/mol. The van der Waals surface area contributed by atoms with Gasteiger partial charge < -0.3 is 15.0 Å². The van der Waals surface area contributed by atoms with Crippen LogP contribution in [0.25, 0.3) is 22.8 Å². The van der Waals surface area contributed by atoms with Crippen LogP contribution in [0.4, 0.5) is 14.5 Å². The summed E-state index contributed by atoms with van der Waals surface area (Å²) in [7, 11) is 0. The highest BCUT2D eigenvalue weighted by molar-refractivity contribution is 5.68. The molecule has 3 rings (SSSR count). The second kappa shape index (κ2) is 6.04. The van der Waals surface area contributed by atoms with Crippen molar-refractivity contribution in [2.45, 2.75) is 13.5 Å². The molecule has 7 heteroatoms. The molecule has 118 valence electrons. The molecular formula is C16H13F2N3O2. The number of alkyl halides is 2. The quantitative estimate of drug-likeness (QED) is 0.739. The Morgan fingerprint density at radius 3 is 2.57 bits per heavy atom. The molecule has 1 aromatic heterocycles. The molecule has 0 saturated carbocycles. The van der Waals surface area contributed by atoms with E-state index in [1.807, 2.05) is 19.1 Å². The number of aromatic nitrogens is 2. The Bertz CT molecular complexity index is 816. The van der Waals surface area contributed by atoms with Gasteiger partial charge in [-0.05, 0) is 42.8 Å². The molecule has 0 aliphatic rings. The third kappa shape index (κ3) is 3.13. The average Bonchev–Trinajstić information content (AvgIpc) is 3.00. The van der Waals surface area contributed by atoms with E-state index in [0.29, 0.717) is 17.1 Å². The third-order valence-electron chi connectivity index (χ3n) is 3.37. The highest BCUT2D eigenvalue weighted by Crippen LogP contribution is 2.28. The minimum Gasteiger partial charge on any atom is -0.435 e. The summed E-state index contributed by atoms with van der Waals surface area (Å²) < 4.78 is 33.8. The molecule has 0 spiro atoms. The maximum atomic E-state index is 12.1. The van der Waals surface area contributed by atoms with Crippen LogP contribution in [0, 0.1) is 6.92 Å². The standard InChI is InChI=1S/C16H13F2N3O2/c1-9-12(3-2-4-13(9)19)14-20-15(23-21-14)10-5-7-11(8-6-10)22-16(17)18/h2-8,16H,19H2,1H3. The van der Waals surface area contributed by atoms with Crippen molar-refractivity contribution in [2.24, 2.45) is 0 Å². The second-order valence-corrected chi connectivity index (χ2v) is 4.85. The summed E-state index contributed by atoms with van der Waals surface area (Å²) in [5.41, 5.74) is 8.75. The van der Waals surface area contributed by atoms with Crippen molar-refractivity contribution in [3.8, 4) is 28.6 Å². The smallest absolute Gasteiger partial charge is 0.387 e. The third-order valence-corrected chi connectivity index (χ3v) is 3.37. The molecule has 2 aromatic carbocycles. The van der Waals surface area contributed by atoms with Crippen molar-refractivity contribution >= 4 is 5.69 Å². The Balaban J connectivity index is 1.88. The van der Waals surface area contributed by atoms with E-state index in [9.17, 15) is 8.78 Å². The van der Waals surface area contributed by atoms with Gasteiger partial charge in [-0.15, -0.1) is 0 Å². The zero-order valence-corrected chi connectivity index (χ0v) is 12.2. The summed E-state index contributed by atoms with van der Waals surface area (Å²) in [5.74, 6) is 0.762. The van der Waals surface area contributed by atoms with Gasteiger partial charge >= 0.3 is 6.61 Å². The molecule has 0 unspecified atom stereocenters. The number of anilines is 1. The largest absolute Gasteiger partial charge is 0.435 e. The van der Waals surface area contributed by atoms with Crippen molar-refractivity contribution in [2.75, 3.05) is 5.73 Å². The van der Waals surface area contributed by atoms with Gasteiger partial charge in [-0.1, -0.05) is 17.3 Å². The Labute approximate surface area is 130 Å². The summed E-state index contributed by atoms with van der Waals surface area (Å²) in [4.78, 5) is 4.32. The molecule has 0 fully saturated rings. The Morgan fingerprint density at radius 1 is 1.13 bits per heavy atom. The first kappa shape index (κ1) is 15.0. The van der Waals surface area contributed by atoms with Crippen LogP contribution in [0.5, 0.6) is 5.75 Å². The minimum atomic E-state index is -2.86. The van der Waals surface area contributed by atoms with E-state index in [2.05, 4.69) is 14.9 Å². The number of nitrogens with zero attached hydrogens (tertiary/aromatic N) is 2. The monoisotopic (exact) mass is 317 g/mol. The fourth-order valence-electron chi connectivity index (χ4n) is 2.12. The zero-order valence-electron chi connectivity index (χ0n) is 12.2. The van der Waals surface area contributed by atoms with E-state index in [-0.39, 0.29) is 11.6 Å². The molecule has 0 radical (unpaired) electrons. The highest BCUT2D eigenvalue weighted by atomic mass is 19.3. The highest BCUT2D eigenvalue weighted by Gasteiger charge is 2.14. The maximum absolute atomic E-state index is 12.1. The topological polar surface area (TPSA) is 74.2 Å². The minimum absolute atomic E-state index is 0.0650. The maximum Gasteiger partial charge on any atom is 0.387 e. The number of halogens is 2. The number of rotatable bonds is 4. The lowest BCUT2D eigenvalue weighted by atomic mass is 10.1. The fourth-order valence-corrected chi connectivity index (χ4v) is 2.12. The summed E-state index contributed by atoms with van der Waals surface area (Å²) in [6.07, 6.45) is 0. The van der Waals surface area contributed by atoms with Gasteiger partial charge in [-0.25, -0.2) is 0 Å². The van der Waals surface area contributed by atoms with Gasteiger partial charge in [0.25, 0.3) is 5.89 Å². The number of ether oxygens (including phenoxy) is 1. The van der Waals surface area contributed by atoms with Crippen molar-refractivity contribution in [3.05, 3.63) is 48.0 Å². The van der Waals surface area contributed by atoms with Gasteiger partial charge in [-0.3, -0.25) is 0 Å². The molecule has 0 saturated heterocycles. The normalized spacial score (nSPS) is 11.0. The summed E-state index contributed by atoms with van der Waals surface area (Å²) in [5, 5.41) is 3.94. The lowest BCUT2D eigenvalue weighted by Crippen LogP contribution is -2.01. The number of nitrogens with two attached hydrogens (primary N) is 1. The molecular weight excluding hydrogens is 304 g/mol. The first-order valence-corrected chi connectivity index (χ1v) is 6.79. The van der Waals surface area contributed by atoms with Gasteiger partial charge in [0.15, 0.2) is 0 Å². The van der Waals surface area contributed by atoms with E-state index in [0.717, 1.165) is 11.1 Å². The SMILES string of the molecule is Cc1c(N)cccc1-c1noc(-c2ccc(OC(F)F)cc2)n1. The predicted octanol–water partition coefficient (Wildman–Crippen LogP) is 3.90. The van der Waals surface area contributed by atoms with E-state index in [1.165, 1.54) is 12.1 Å². The van der Waals surface area contributed by atoms with Crippen LogP contribution in [0.15, 0.2) is 47.0 Å². The molecule has 0 aliphatic carbocycles. The number of nitrogen functional groups attached to an aromatic ring is 1. The lowest BCUT2D eigenvalue weighted by molar-refractivity contribution is -0.0498. The first-order valence-electron chi connectivity index (χ1n) is 6.79. The van der Waals surface area contributed by atoms with Gasteiger partial charge in [0.05, 0.1) is 0 Å². The Hall–Kier alpha value is -2.96. The molecule has 1 heterocycles. The van der Waals surface area contributed by atoms with E-state index in [1.54, 1.807) is 18.2 Å². The van der Waals surface area contributed by atoms with Gasteiger partial charge in [0, 0.05) is 16.8 Å². The summed E-state index contributed by atoms with van der Waals surface area (Å²) in [6, 6.07) is 11.4. The van der Waals surface area contributed by atoms with Crippen LogP contribution in [0.1, 0.15) is 5.56 Å². The lowest BCUT2D eigenvalue weighted by Gasteiger charge is -2.04. The van der Waals surface area contributed by atoms with Crippen LogP contribution >= 0.6 is 0 Å². The van der Waals surface area contributed by atoms with Crippen molar-refractivity contribution in [3.63, 3.8) is 0 Å². The van der Waals surface area contributed by atoms with Crippen LogP contribution in [0.2, 0.25) is 0 Å². The Morgan fingerprint density at radius 2 is 1.87 bits per heavy atom. The summed E-state index contributed by atoms with van der Waals surface area (Å²) >= 11 is 0. The first-order chi connectivity index (χ1) is 11.0. The zero-order chi connectivity index (χ0) is 16.4. The van der Waals surface area contributed by atoms with Gasteiger partial charge in [0.2, 0.25) is 5.82 Å². The number of benzene rings is 2. The molecule has 23 heavy (non-hydrogen) atoms. The van der Waals surface area contributed by atoms with E-state index >= 15 is 0 Å². The van der Waals surface area contributed by atoms with E-state index < -0.39 is 6.61 Å². The number of hydrogen-bond donors (Lipinski definition) is 1. The van der Waals surface area contributed by atoms with Crippen molar-refractivity contribution < 1.29 is 18.0 Å². The van der Waals surface area contributed by atoms with Crippen LogP contribution in [0.3, 0.4) is 0 Å². The van der Waals surface area contributed by atoms with E-state index in [4.69, 9.17) is 10.3 Å². The van der Waals surface area contributed by atoms with Gasteiger partial charge in [0.1, 0.15) is 5.75 Å². The fraction of sp³-hybridized carbons (Fsp3) is 0.125. The molecule has 0 bridgehead atoms. The van der Waals surface area contributed by atoms with Crippen LogP contribution in [-0.2, 0) is 0 Å². The van der Waals surface area contributed by atoms with Gasteiger partial charge in [-0.2, -0.15) is 13.8 Å². The molecule has 0 amide bonds. The van der Waals surface area contributed by atoms with Crippen molar-refractivity contribution in [1.82, 2.24) is 10.1 Å².